The molecule has 7 nitrogen and oxygen atoms in total. The molecular weight excluding hydrogens is 584 g/mol. The van der Waals surface area contributed by atoms with E-state index in [9.17, 15) is 18.3 Å². The lowest BCUT2D eigenvalue weighted by atomic mass is 9.58. The van der Waals surface area contributed by atoms with E-state index in [1.165, 1.54) is 11.1 Å². The number of rotatable bonds is 1. The lowest BCUT2D eigenvalue weighted by Crippen LogP contribution is -2.51. The maximum absolute atomic E-state index is 13.4. The highest BCUT2D eigenvalue weighted by Crippen LogP contribution is 2.51. The molecule has 2 bridgehead atoms. The number of sulfonamides is 1. The minimum absolute atomic E-state index is 0.119. The summed E-state index contributed by atoms with van der Waals surface area (Å²) in [5.41, 5.74) is 3.21. The van der Waals surface area contributed by atoms with Crippen molar-refractivity contribution in [2.45, 2.75) is 82.8 Å². The number of nitrogens with zero attached hydrogens (tertiary/aromatic N) is 1. The summed E-state index contributed by atoms with van der Waals surface area (Å²) in [5, 5.41) is 10.7. The molecule has 1 spiro atoms. The van der Waals surface area contributed by atoms with Gasteiger partial charge in [-0.1, -0.05) is 37.9 Å². The van der Waals surface area contributed by atoms with Crippen LogP contribution in [0.4, 0.5) is 5.69 Å². The van der Waals surface area contributed by atoms with Crippen LogP contribution in [-0.2, 0) is 21.9 Å². The molecule has 0 radical (unpaired) electrons. The van der Waals surface area contributed by atoms with Gasteiger partial charge in [-0.05, 0) is 116 Å². The Kier molecular flexibility index (Phi) is 8.27. The maximum Gasteiger partial charge on any atom is 0.264 e. The number of halogens is 1. The molecule has 2 heterocycles. The summed E-state index contributed by atoms with van der Waals surface area (Å²) in [5.74, 6) is 0.741. The van der Waals surface area contributed by atoms with Crippen molar-refractivity contribution in [3.63, 3.8) is 0 Å². The zero-order valence-corrected chi connectivity index (χ0v) is 27.1. The fourth-order valence-corrected chi connectivity index (χ4v) is 9.78. The average molecular weight is 629 g/mol. The Labute approximate surface area is 261 Å². The van der Waals surface area contributed by atoms with E-state index in [0.717, 1.165) is 75.2 Å². The van der Waals surface area contributed by atoms with Gasteiger partial charge >= 0.3 is 0 Å². The van der Waals surface area contributed by atoms with Crippen molar-refractivity contribution in [1.82, 2.24) is 4.72 Å². The van der Waals surface area contributed by atoms with Crippen molar-refractivity contribution in [2.75, 3.05) is 31.2 Å². The Bertz CT molecular complexity index is 1500. The summed E-state index contributed by atoms with van der Waals surface area (Å²) < 4.78 is 35.5. The van der Waals surface area contributed by atoms with Gasteiger partial charge in [-0.15, -0.1) is 0 Å². The largest absolute Gasteiger partial charge is 0.490 e. The van der Waals surface area contributed by atoms with Gasteiger partial charge in [-0.2, -0.15) is 0 Å². The molecule has 1 fully saturated rings. The molecule has 2 aromatic carbocycles. The Hall–Kier alpha value is -2.29. The number of ether oxygens (including phenoxy) is 1. The average Bonchev–Trinajstić information content (AvgIpc) is 3.11. The second kappa shape index (κ2) is 11.6. The summed E-state index contributed by atoms with van der Waals surface area (Å²) in [4.78, 5) is 15.8. The molecule has 9 heteroatoms. The van der Waals surface area contributed by atoms with Gasteiger partial charge in [-0.25, -0.2) is 13.1 Å². The predicted molar refractivity (Wildman–Crippen MR) is 170 cm³/mol. The maximum atomic E-state index is 13.4. The van der Waals surface area contributed by atoms with Crippen LogP contribution in [0.3, 0.4) is 0 Å². The molecule has 6 atom stereocenters. The summed E-state index contributed by atoms with van der Waals surface area (Å²) >= 11 is 6.41. The number of anilines is 1. The molecule has 0 aromatic heterocycles. The monoisotopic (exact) mass is 628 g/mol. The number of aliphatic hydroxyl groups is 1. The summed E-state index contributed by atoms with van der Waals surface area (Å²) in [7, 11) is -3.88. The van der Waals surface area contributed by atoms with Crippen molar-refractivity contribution >= 4 is 33.2 Å². The molecule has 6 rings (SSSR count). The van der Waals surface area contributed by atoms with Crippen LogP contribution in [0.2, 0.25) is 5.02 Å². The van der Waals surface area contributed by atoms with Crippen LogP contribution in [0.5, 0.6) is 5.75 Å². The normalized spacial score (nSPS) is 34.2. The van der Waals surface area contributed by atoms with Crippen LogP contribution in [0, 0.1) is 23.2 Å². The topological polar surface area (TPSA) is 95.9 Å². The Morgan fingerprint density at radius 3 is 2.65 bits per heavy atom. The van der Waals surface area contributed by atoms with Crippen molar-refractivity contribution < 1.29 is 23.1 Å². The predicted octanol–water partition coefficient (Wildman–Crippen LogP) is 6.11. The number of aryl methyl sites for hydroxylation is 1. The zero-order valence-electron chi connectivity index (χ0n) is 25.6. The van der Waals surface area contributed by atoms with E-state index in [-0.39, 0.29) is 23.4 Å². The third-order valence-corrected chi connectivity index (χ3v) is 13.5. The first-order valence-corrected chi connectivity index (χ1v) is 17.8. The molecule has 0 unspecified atom stereocenters. The van der Waals surface area contributed by atoms with Gasteiger partial charge < -0.3 is 14.7 Å². The molecule has 234 valence electrons. The number of nitrogens with one attached hydrogen (secondary N) is 1. The van der Waals surface area contributed by atoms with Crippen molar-refractivity contribution in [1.29, 1.82) is 0 Å². The zero-order chi connectivity index (χ0) is 30.6. The number of fused-ring (bicyclic) bond motifs is 4. The standard InChI is InChI=1S/C34H45ClN2O5S/c1-22-6-4-14-33(3,20-38)28-11-8-26(28)18-37-19-34(15-5-7-24-16-27(35)10-12-29(24)34)21-42-31-13-9-25(17-30(31)37)32(39)36-43(40,41)23(22)2/h9-10,12-13,16-17,22-23,26,28,38H,4-8,11,14-15,18-21H2,1-3H3,(H,36,39)/t22-,23+,26-,28+,33+,34-/m0/s1. The third kappa shape index (κ3) is 5.68. The van der Waals surface area contributed by atoms with Gasteiger partial charge in [0.2, 0.25) is 10.0 Å². The van der Waals surface area contributed by atoms with E-state index in [4.69, 9.17) is 16.3 Å². The molecule has 1 saturated carbocycles. The molecule has 2 aliphatic carbocycles. The fraction of sp³-hybridized carbons (Fsp3) is 0.618. The van der Waals surface area contributed by atoms with Crippen LogP contribution >= 0.6 is 11.6 Å². The molecule has 1 amide bonds. The lowest BCUT2D eigenvalue weighted by molar-refractivity contribution is -0.0187. The summed E-state index contributed by atoms with van der Waals surface area (Å²) in [6.07, 6.45) is 7.58. The van der Waals surface area contributed by atoms with Gasteiger partial charge in [0.1, 0.15) is 5.75 Å². The minimum atomic E-state index is -3.88. The fourth-order valence-electron chi connectivity index (χ4n) is 8.27. The number of amides is 1. The van der Waals surface area contributed by atoms with E-state index in [1.54, 1.807) is 13.0 Å². The van der Waals surface area contributed by atoms with Crippen LogP contribution < -0.4 is 14.4 Å². The molecule has 4 aliphatic rings. The quantitative estimate of drug-likeness (QED) is 0.396. The first kappa shape index (κ1) is 30.7. The smallest absolute Gasteiger partial charge is 0.264 e. The first-order chi connectivity index (χ1) is 20.4. The number of aliphatic hydroxyl groups excluding tert-OH is 1. The number of carbonyl (C=O) groups excluding carboxylic acids is 1. The Balaban J connectivity index is 1.43. The molecule has 0 saturated heterocycles. The number of hydrogen-bond donors (Lipinski definition) is 2. The number of carbonyl (C=O) groups is 1. The van der Waals surface area contributed by atoms with Gasteiger partial charge in [0.15, 0.2) is 0 Å². The van der Waals surface area contributed by atoms with Crippen molar-refractivity contribution in [3.05, 3.63) is 58.1 Å². The summed E-state index contributed by atoms with van der Waals surface area (Å²) in [6.45, 7) is 7.97. The minimum Gasteiger partial charge on any atom is -0.490 e. The van der Waals surface area contributed by atoms with Crippen LogP contribution in [0.1, 0.15) is 87.2 Å². The number of benzene rings is 2. The highest BCUT2D eigenvalue weighted by Gasteiger charge is 2.47. The third-order valence-electron chi connectivity index (χ3n) is 11.4. The van der Waals surface area contributed by atoms with E-state index in [1.807, 2.05) is 25.1 Å². The van der Waals surface area contributed by atoms with Crippen molar-refractivity contribution in [2.24, 2.45) is 23.2 Å². The van der Waals surface area contributed by atoms with Gasteiger partial charge in [0, 0.05) is 35.7 Å². The van der Waals surface area contributed by atoms with Gasteiger partial charge in [0.05, 0.1) is 17.5 Å². The molecule has 43 heavy (non-hydrogen) atoms. The highest BCUT2D eigenvalue weighted by atomic mass is 35.5. The summed E-state index contributed by atoms with van der Waals surface area (Å²) in [6, 6.07) is 11.5. The Morgan fingerprint density at radius 2 is 1.91 bits per heavy atom. The van der Waals surface area contributed by atoms with Gasteiger partial charge in [0.25, 0.3) is 5.91 Å². The molecule has 2 N–H and O–H groups in total. The van der Waals surface area contributed by atoms with Crippen molar-refractivity contribution in [3.8, 4) is 5.75 Å². The number of hydrogen-bond acceptors (Lipinski definition) is 6. The van der Waals surface area contributed by atoms with Crippen LogP contribution in [-0.4, -0.2) is 51.0 Å². The van der Waals surface area contributed by atoms with E-state index < -0.39 is 21.2 Å². The van der Waals surface area contributed by atoms with Crippen LogP contribution in [0.25, 0.3) is 0 Å². The molecule has 2 aromatic rings. The van der Waals surface area contributed by atoms with E-state index in [2.05, 4.69) is 28.7 Å². The lowest BCUT2D eigenvalue weighted by Gasteiger charge is -2.50. The Morgan fingerprint density at radius 1 is 1.09 bits per heavy atom. The molecule has 2 aliphatic heterocycles. The van der Waals surface area contributed by atoms with Crippen LogP contribution in [0.15, 0.2) is 36.4 Å². The second-order valence-corrected chi connectivity index (χ2v) is 16.6. The SMILES string of the molecule is C[C@@H]1[C@@H](C)CCC[C@](C)(CO)[C@@H]2CC[C@H]2CN2C[C@@]3(CCCc4cc(Cl)ccc43)COc3ccc(cc32)C(=O)NS1(=O)=O. The van der Waals surface area contributed by atoms with E-state index in [0.29, 0.717) is 29.8 Å². The van der Waals surface area contributed by atoms with Gasteiger partial charge in [-0.3, -0.25) is 4.79 Å². The van der Waals surface area contributed by atoms with E-state index >= 15 is 0 Å². The molecular formula is C34H45ClN2O5S. The first-order valence-electron chi connectivity index (χ1n) is 15.9. The highest BCUT2D eigenvalue weighted by molar-refractivity contribution is 7.90. The second-order valence-electron chi connectivity index (χ2n) is 14.1.